The zero-order chi connectivity index (χ0) is 27.7. The second kappa shape index (κ2) is 10.5. The van der Waals surface area contributed by atoms with Crippen LogP contribution in [0.1, 0.15) is 31.0 Å². The van der Waals surface area contributed by atoms with Crippen molar-refractivity contribution in [3.05, 3.63) is 83.4 Å². The molecule has 0 radical (unpaired) electrons. The number of imidazole rings is 1. The molecule has 2 N–H and O–H groups in total. The van der Waals surface area contributed by atoms with E-state index in [0.29, 0.717) is 51.9 Å². The van der Waals surface area contributed by atoms with Gasteiger partial charge in [-0.25, -0.2) is 4.98 Å². The van der Waals surface area contributed by atoms with Crippen LogP contribution in [0.15, 0.2) is 72.3 Å². The number of aromatic nitrogens is 2. The summed E-state index contributed by atoms with van der Waals surface area (Å²) in [7, 11) is 3.11. The van der Waals surface area contributed by atoms with Gasteiger partial charge < -0.3 is 24.3 Å². The van der Waals surface area contributed by atoms with Gasteiger partial charge in [0.05, 0.1) is 43.5 Å². The van der Waals surface area contributed by atoms with Crippen LogP contribution in [0.3, 0.4) is 0 Å². The van der Waals surface area contributed by atoms with Gasteiger partial charge in [-0.05, 0) is 47.9 Å². The van der Waals surface area contributed by atoms with Crippen molar-refractivity contribution in [3.8, 4) is 17.2 Å². The second-order valence-corrected chi connectivity index (χ2v) is 9.62. The largest absolute Gasteiger partial charge is 0.507 e. The first-order valence-electron chi connectivity index (χ1n) is 12.5. The monoisotopic (exact) mass is 527 g/mol. The van der Waals surface area contributed by atoms with Gasteiger partial charge in [0.1, 0.15) is 23.0 Å². The molecule has 1 aromatic heterocycles. The Morgan fingerprint density at radius 1 is 0.974 bits per heavy atom. The molecule has 9 heteroatoms. The summed E-state index contributed by atoms with van der Waals surface area (Å²) in [6, 6.07) is 18.1. The number of fused-ring (bicyclic) bond motifs is 1. The molecule has 1 unspecified atom stereocenters. The summed E-state index contributed by atoms with van der Waals surface area (Å²) in [5.74, 6) is 0.335. The number of hydrogen-bond acceptors (Lipinski definition) is 7. The zero-order valence-electron chi connectivity index (χ0n) is 22.1. The fraction of sp³-hybridized carbons (Fsp3) is 0.233. The number of rotatable bonds is 8. The molecule has 1 amide bonds. The highest BCUT2D eigenvalue weighted by Gasteiger charge is 2.48. The summed E-state index contributed by atoms with van der Waals surface area (Å²) in [5, 5.41) is 11.5. The van der Waals surface area contributed by atoms with Crippen molar-refractivity contribution in [2.45, 2.75) is 19.9 Å². The average molecular weight is 528 g/mol. The van der Waals surface area contributed by atoms with Crippen LogP contribution in [0.2, 0.25) is 0 Å². The van der Waals surface area contributed by atoms with Crippen molar-refractivity contribution in [2.24, 2.45) is 5.92 Å². The Bertz CT molecular complexity index is 1570. The van der Waals surface area contributed by atoms with Crippen molar-refractivity contribution in [1.82, 2.24) is 9.97 Å². The number of carbonyl (C=O) groups excluding carboxylic acids is 2. The summed E-state index contributed by atoms with van der Waals surface area (Å²) in [4.78, 5) is 36.0. The molecule has 3 aromatic carbocycles. The predicted octanol–water partition coefficient (Wildman–Crippen LogP) is 5.24. The van der Waals surface area contributed by atoms with Crippen LogP contribution in [0, 0.1) is 5.92 Å². The molecule has 1 aliphatic heterocycles. The number of amides is 1. The number of anilines is 1. The Hall–Kier alpha value is -4.79. The summed E-state index contributed by atoms with van der Waals surface area (Å²) in [6.07, 6.45) is 0. The van der Waals surface area contributed by atoms with Crippen LogP contribution in [0.5, 0.6) is 17.2 Å². The van der Waals surface area contributed by atoms with E-state index >= 15 is 0 Å². The number of methoxy groups -OCH3 is 2. The topological polar surface area (TPSA) is 114 Å². The summed E-state index contributed by atoms with van der Waals surface area (Å²) in [6.45, 7) is 4.57. The van der Waals surface area contributed by atoms with Gasteiger partial charge in [-0.15, -0.1) is 0 Å². The van der Waals surface area contributed by atoms with E-state index < -0.39 is 17.7 Å². The van der Waals surface area contributed by atoms with Crippen molar-refractivity contribution in [3.63, 3.8) is 0 Å². The minimum absolute atomic E-state index is 0.0517. The van der Waals surface area contributed by atoms with Crippen molar-refractivity contribution in [2.75, 3.05) is 25.7 Å². The molecule has 0 spiro atoms. The first-order chi connectivity index (χ1) is 18.8. The lowest BCUT2D eigenvalue weighted by molar-refractivity contribution is -0.132. The number of aliphatic hydroxyl groups excluding tert-OH is 1. The number of carbonyl (C=O) groups is 2. The van der Waals surface area contributed by atoms with Crippen LogP contribution in [-0.4, -0.2) is 47.6 Å². The van der Waals surface area contributed by atoms with Gasteiger partial charge in [-0.1, -0.05) is 38.1 Å². The number of benzene rings is 3. The quantitative estimate of drug-likeness (QED) is 0.183. The van der Waals surface area contributed by atoms with Crippen LogP contribution in [0.4, 0.5) is 5.95 Å². The van der Waals surface area contributed by atoms with Gasteiger partial charge in [0.15, 0.2) is 0 Å². The minimum atomic E-state index is -0.946. The fourth-order valence-electron chi connectivity index (χ4n) is 4.52. The maximum Gasteiger partial charge on any atom is 0.302 e. The van der Waals surface area contributed by atoms with Crippen LogP contribution >= 0.6 is 0 Å². The molecule has 1 aliphatic rings. The highest BCUT2D eigenvalue weighted by atomic mass is 16.5. The standard InChI is InChI=1S/C30H29N3O6/c1-17(2)16-39-22-7-5-6-19(14-22)27(34)25-26(18-8-10-20(37-3)11-9-18)33(29(36)28(25)35)30-31-23-13-12-21(38-4)15-24(23)32-30/h5-15,17,26,34H,16H2,1-4H3,(H,31,32)/b27-25+. The highest BCUT2D eigenvalue weighted by molar-refractivity contribution is 6.51. The molecular weight excluding hydrogens is 498 g/mol. The maximum atomic E-state index is 13.5. The number of aliphatic hydroxyl groups is 1. The summed E-state index contributed by atoms with van der Waals surface area (Å²) < 4.78 is 16.4. The molecule has 0 aliphatic carbocycles. The van der Waals surface area contributed by atoms with E-state index in [9.17, 15) is 14.7 Å². The Balaban J connectivity index is 1.65. The first-order valence-corrected chi connectivity index (χ1v) is 12.5. The Labute approximate surface area is 225 Å². The second-order valence-electron chi connectivity index (χ2n) is 9.62. The van der Waals surface area contributed by atoms with E-state index in [0.717, 1.165) is 0 Å². The number of ketones is 1. The number of aromatic amines is 1. The molecule has 5 rings (SSSR count). The number of nitrogens with one attached hydrogen (secondary N) is 1. The Morgan fingerprint density at radius 2 is 1.69 bits per heavy atom. The number of nitrogens with zero attached hydrogens (tertiary/aromatic N) is 2. The lowest BCUT2D eigenvalue weighted by Crippen LogP contribution is -2.30. The SMILES string of the molecule is COc1ccc(C2/C(=C(\O)c3cccc(OCC(C)C)c3)C(=O)C(=O)N2c2nc3ccc(OC)cc3[nH]2)cc1. The van der Waals surface area contributed by atoms with Gasteiger partial charge in [0.2, 0.25) is 5.95 Å². The molecule has 0 bridgehead atoms. The van der Waals surface area contributed by atoms with E-state index in [-0.39, 0.29) is 17.3 Å². The zero-order valence-corrected chi connectivity index (χ0v) is 22.1. The fourth-order valence-corrected chi connectivity index (χ4v) is 4.52. The molecule has 0 saturated carbocycles. The molecule has 1 saturated heterocycles. The molecule has 1 fully saturated rings. The maximum absolute atomic E-state index is 13.5. The molecule has 200 valence electrons. The van der Waals surface area contributed by atoms with Gasteiger partial charge in [0.25, 0.3) is 5.78 Å². The van der Waals surface area contributed by atoms with Crippen LogP contribution < -0.4 is 19.1 Å². The molecule has 4 aromatic rings. The number of ether oxygens (including phenoxy) is 3. The predicted molar refractivity (Wildman–Crippen MR) is 147 cm³/mol. The number of hydrogen-bond donors (Lipinski definition) is 2. The first kappa shape index (κ1) is 25.8. The van der Waals surface area contributed by atoms with E-state index in [1.54, 1.807) is 80.9 Å². The lowest BCUT2D eigenvalue weighted by Gasteiger charge is -2.23. The summed E-state index contributed by atoms with van der Waals surface area (Å²) in [5.41, 5.74) is 2.14. The van der Waals surface area contributed by atoms with Crippen molar-refractivity contribution in [1.29, 1.82) is 0 Å². The third-order valence-corrected chi connectivity index (χ3v) is 6.47. The van der Waals surface area contributed by atoms with Gasteiger partial charge in [-0.3, -0.25) is 14.5 Å². The normalized spacial score (nSPS) is 16.7. The van der Waals surface area contributed by atoms with Crippen molar-refractivity contribution >= 4 is 34.4 Å². The van der Waals surface area contributed by atoms with Gasteiger partial charge >= 0.3 is 5.91 Å². The van der Waals surface area contributed by atoms with E-state index in [2.05, 4.69) is 9.97 Å². The lowest BCUT2D eigenvalue weighted by atomic mass is 9.95. The number of Topliss-reactive ketones (excluding diaryl/α,β-unsaturated/α-hetero) is 1. The molecular formula is C30H29N3O6. The Morgan fingerprint density at radius 3 is 2.38 bits per heavy atom. The number of H-pyrrole nitrogens is 1. The molecule has 2 heterocycles. The molecule has 9 nitrogen and oxygen atoms in total. The van der Waals surface area contributed by atoms with E-state index in [1.807, 2.05) is 13.8 Å². The smallest absolute Gasteiger partial charge is 0.302 e. The summed E-state index contributed by atoms with van der Waals surface area (Å²) >= 11 is 0. The molecule has 1 atom stereocenters. The minimum Gasteiger partial charge on any atom is -0.507 e. The van der Waals surface area contributed by atoms with Gasteiger partial charge in [-0.2, -0.15) is 0 Å². The Kier molecular flexibility index (Phi) is 6.98. The van der Waals surface area contributed by atoms with E-state index in [1.165, 1.54) is 4.90 Å². The van der Waals surface area contributed by atoms with Crippen molar-refractivity contribution < 1.29 is 28.9 Å². The van der Waals surface area contributed by atoms with E-state index in [4.69, 9.17) is 14.2 Å². The molecule has 39 heavy (non-hydrogen) atoms. The van der Waals surface area contributed by atoms with Gasteiger partial charge in [0, 0.05) is 11.6 Å². The third kappa shape index (κ3) is 4.90. The van der Waals surface area contributed by atoms with Crippen LogP contribution in [-0.2, 0) is 9.59 Å². The third-order valence-electron chi connectivity index (χ3n) is 6.47. The average Bonchev–Trinajstić information content (AvgIpc) is 3.49. The highest BCUT2D eigenvalue weighted by Crippen LogP contribution is 2.42. The van der Waals surface area contributed by atoms with Crippen LogP contribution in [0.25, 0.3) is 16.8 Å².